The smallest absolute Gasteiger partial charge is 0.169 e. The molecule has 0 heterocycles. The summed E-state index contributed by atoms with van der Waals surface area (Å²) in [5.74, 6) is 0.376. The predicted molar refractivity (Wildman–Crippen MR) is 82.3 cm³/mol. The number of likely N-dealkylation sites (N-methyl/N-ethyl adjacent to an activating group) is 1. The SMILES string of the molecule is CCNC(c1cccc(OC)c1F)C1Cc2ccccc21. The highest BCUT2D eigenvalue weighted by Gasteiger charge is 2.34. The summed E-state index contributed by atoms with van der Waals surface area (Å²) in [6.45, 7) is 2.86. The van der Waals surface area contributed by atoms with Crippen molar-refractivity contribution in [2.45, 2.75) is 25.3 Å². The first kappa shape index (κ1) is 14.1. The highest BCUT2D eigenvalue weighted by atomic mass is 19.1. The fourth-order valence-corrected chi connectivity index (χ4v) is 3.21. The van der Waals surface area contributed by atoms with Crippen molar-refractivity contribution >= 4 is 0 Å². The van der Waals surface area contributed by atoms with Crippen molar-refractivity contribution in [3.05, 3.63) is 65.0 Å². The van der Waals surface area contributed by atoms with Crippen molar-refractivity contribution in [2.24, 2.45) is 0 Å². The zero-order chi connectivity index (χ0) is 14.8. The van der Waals surface area contributed by atoms with Crippen molar-refractivity contribution in [3.8, 4) is 5.75 Å². The molecule has 0 aliphatic heterocycles. The Morgan fingerprint density at radius 2 is 2.05 bits per heavy atom. The Kier molecular flexibility index (Phi) is 3.93. The molecule has 0 saturated heterocycles. The highest BCUT2D eigenvalue weighted by molar-refractivity contribution is 5.44. The quantitative estimate of drug-likeness (QED) is 0.901. The molecule has 110 valence electrons. The first-order chi connectivity index (χ1) is 10.3. The maximum absolute atomic E-state index is 14.6. The van der Waals surface area contributed by atoms with Gasteiger partial charge in [0.15, 0.2) is 11.6 Å². The maximum atomic E-state index is 14.6. The van der Waals surface area contributed by atoms with Crippen molar-refractivity contribution in [2.75, 3.05) is 13.7 Å². The number of nitrogens with one attached hydrogen (secondary N) is 1. The molecule has 0 amide bonds. The van der Waals surface area contributed by atoms with E-state index < -0.39 is 0 Å². The van der Waals surface area contributed by atoms with E-state index in [1.54, 1.807) is 6.07 Å². The zero-order valence-electron chi connectivity index (χ0n) is 12.4. The number of ether oxygens (including phenoxy) is 1. The molecular formula is C18H20FNO. The molecule has 0 radical (unpaired) electrons. The molecule has 2 unspecified atom stereocenters. The second-order valence-corrected chi connectivity index (χ2v) is 5.41. The Bertz CT molecular complexity index is 641. The van der Waals surface area contributed by atoms with Crippen LogP contribution < -0.4 is 10.1 Å². The van der Waals surface area contributed by atoms with E-state index >= 15 is 0 Å². The molecule has 2 nitrogen and oxygen atoms in total. The molecule has 2 aromatic rings. The highest BCUT2D eigenvalue weighted by Crippen LogP contribution is 2.44. The average molecular weight is 285 g/mol. The van der Waals surface area contributed by atoms with Crippen LogP contribution in [0.1, 0.15) is 35.6 Å². The summed E-state index contributed by atoms with van der Waals surface area (Å²) >= 11 is 0. The summed E-state index contributed by atoms with van der Waals surface area (Å²) in [4.78, 5) is 0. The van der Waals surface area contributed by atoms with Gasteiger partial charge < -0.3 is 10.1 Å². The number of methoxy groups -OCH3 is 1. The number of halogens is 1. The largest absolute Gasteiger partial charge is 0.494 e. The Balaban J connectivity index is 1.97. The lowest BCUT2D eigenvalue weighted by Gasteiger charge is -2.37. The van der Waals surface area contributed by atoms with Crippen LogP contribution in [0.3, 0.4) is 0 Å². The van der Waals surface area contributed by atoms with E-state index in [0.29, 0.717) is 17.2 Å². The number of rotatable bonds is 5. The van der Waals surface area contributed by atoms with Gasteiger partial charge in [0.1, 0.15) is 0 Å². The molecule has 2 atom stereocenters. The molecule has 3 heteroatoms. The monoisotopic (exact) mass is 285 g/mol. The third-order valence-electron chi connectivity index (χ3n) is 4.27. The number of hydrogen-bond donors (Lipinski definition) is 1. The van der Waals surface area contributed by atoms with Crippen LogP contribution in [-0.4, -0.2) is 13.7 Å². The minimum Gasteiger partial charge on any atom is -0.494 e. The van der Waals surface area contributed by atoms with Crippen LogP contribution in [0.15, 0.2) is 42.5 Å². The molecule has 1 aliphatic rings. The Hall–Kier alpha value is -1.87. The molecule has 0 fully saturated rings. The standard InChI is InChI=1S/C18H20FNO/c1-3-20-18(14-9-6-10-16(21-2)17(14)19)15-11-12-7-4-5-8-13(12)15/h4-10,15,18,20H,3,11H2,1-2H3. The van der Waals surface area contributed by atoms with Crippen LogP contribution in [-0.2, 0) is 6.42 Å². The van der Waals surface area contributed by atoms with Gasteiger partial charge in [-0.3, -0.25) is 0 Å². The van der Waals surface area contributed by atoms with Crippen molar-refractivity contribution < 1.29 is 9.13 Å². The van der Waals surface area contributed by atoms with Gasteiger partial charge in [-0.25, -0.2) is 4.39 Å². The maximum Gasteiger partial charge on any atom is 0.169 e. The van der Waals surface area contributed by atoms with Gasteiger partial charge in [-0.1, -0.05) is 43.3 Å². The Labute approximate surface area is 125 Å². The van der Waals surface area contributed by atoms with Gasteiger partial charge in [-0.15, -0.1) is 0 Å². The average Bonchev–Trinajstić information content (AvgIpc) is 2.48. The van der Waals surface area contributed by atoms with Crippen LogP contribution >= 0.6 is 0 Å². The second kappa shape index (κ2) is 5.86. The van der Waals surface area contributed by atoms with Crippen LogP contribution in [0.5, 0.6) is 5.75 Å². The molecular weight excluding hydrogens is 265 g/mol. The van der Waals surface area contributed by atoms with E-state index in [2.05, 4.69) is 36.5 Å². The van der Waals surface area contributed by atoms with Crippen molar-refractivity contribution in [1.29, 1.82) is 0 Å². The number of benzene rings is 2. The van der Waals surface area contributed by atoms with Gasteiger partial charge in [-0.05, 0) is 30.2 Å². The van der Waals surface area contributed by atoms with Gasteiger partial charge >= 0.3 is 0 Å². The van der Waals surface area contributed by atoms with Crippen molar-refractivity contribution in [1.82, 2.24) is 5.32 Å². The molecule has 0 spiro atoms. The van der Waals surface area contributed by atoms with E-state index in [1.165, 1.54) is 18.2 Å². The van der Waals surface area contributed by atoms with Crippen LogP contribution in [0.4, 0.5) is 4.39 Å². The first-order valence-electron chi connectivity index (χ1n) is 7.39. The van der Waals surface area contributed by atoms with Gasteiger partial charge in [0.2, 0.25) is 0 Å². The Morgan fingerprint density at radius 1 is 1.24 bits per heavy atom. The molecule has 0 saturated carbocycles. The minimum absolute atomic E-state index is 0.0139. The second-order valence-electron chi connectivity index (χ2n) is 5.41. The molecule has 1 aliphatic carbocycles. The van der Waals surface area contributed by atoms with E-state index in [1.807, 2.05) is 12.1 Å². The van der Waals surface area contributed by atoms with Gasteiger partial charge in [0, 0.05) is 17.5 Å². The van der Waals surface area contributed by atoms with E-state index in [-0.39, 0.29) is 11.9 Å². The van der Waals surface area contributed by atoms with E-state index in [4.69, 9.17) is 4.74 Å². The number of hydrogen-bond acceptors (Lipinski definition) is 2. The minimum atomic E-state index is -0.254. The van der Waals surface area contributed by atoms with Crippen LogP contribution in [0, 0.1) is 5.82 Å². The van der Waals surface area contributed by atoms with Gasteiger partial charge in [-0.2, -0.15) is 0 Å². The summed E-state index contributed by atoms with van der Waals surface area (Å²) in [7, 11) is 1.50. The zero-order valence-corrected chi connectivity index (χ0v) is 12.4. The molecule has 0 bridgehead atoms. The molecule has 1 N–H and O–H groups in total. The Morgan fingerprint density at radius 3 is 2.76 bits per heavy atom. The third-order valence-corrected chi connectivity index (χ3v) is 4.27. The predicted octanol–water partition coefficient (Wildman–Crippen LogP) is 3.82. The fraction of sp³-hybridized carbons (Fsp3) is 0.333. The molecule has 0 aromatic heterocycles. The lowest BCUT2D eigenvalue weighted by atomic mass is 9.71. The summed E-state index contributed by atoms with van der Waals surface area (Å²) in [5, 5.41) is 3.44. The fourth-order valence-electron chi connectivity index (χ4n) is 3.21. The van der Waals surface area contributed by atoms with E-state index in [9.17, 15) is 4.39 Å². The van der Waals surface area contributed by atoms with Crippen LogP contribution in [0.25, 0.3) is 0 Å². The van der Waals surface area contributed by atoms with Gasteiger partial charge in [0.25, 0.3) is 0 Å². The first-order valence-corrected chi connectivity index (χ1v) is 7.39. The van der Waals surface area contributed by atoms with Gasteiger partial charge in [0.05, 0.1) is 7.11 Å². The molecule has 3 rings (SSSR count). The normalized spacial score (nSPS) is 17.8. The summed E-state index contributed by atoms with van der Waals surface area (Å²) < 4.78 is 19.7. The topological polar surface area (TPSA) is 21.3 Å². The third kappa shape index (κ3) is 2.42. The molecule has 21 heavy (non-hydrogen) atoms. The molecule has 2 aromatic carbocycles. The van der Waals surface area contributed by atoms with Crippen molar-refractivity contribution in [3.63, 3.8) is 0 Å². The summed E-state index contributed by atoms with van der Waals surface area (Å²) in [6.07, 6.45) is 0.991. The summed E-state index contributed by atoms with van der Waals surface area (Å²) in [5.41, 5.74) is 3.38. The van der Waals surface area contributed by atoms with Crippen LogP contribution in [0.2, 0.25) is 0 Å². The van der Waals surface area contributed by atoms with E-state index in [0.717, 1.165) is 13.0 Å². The number of fused-ring (bicyclic) bond motifs is 1. The lowest BCUT2D eigenvalue weighted by molar-refractivity contribution is 0.366. The lowest BCUT2D eigenvalue weighted by Crippen LogP contribution is -2.33. The summed E-state index contributed by atoms with van der Waals surface area (Å²) in [6, 6.07) is 13.8.